The lowest BCUT2D eigenvalue weighted by atomic mass is 9.96. The van der Waals surface area contributed by atoms with Crippen LogP contribution in [0.2, 0.25) is 0 Å². The first-order valence-electron chi connectivity index (χ1n) is 10.3. The molecule has 2 aliphatic rings. The summed E-state index contributed by atoms with van der Waals surface area (Å²) in [6, 6.07) is 11.5. The molecule has 0 unspecified atom stereocenters. The predicted octanol–water partition coefficient (Wildman–Crippen LogP) is 4.65. The second-order valence-corrected chi connectivity index (χ2v) is 9.41. The number of aromatic nitrogens is 1. The Morgan fingerprint density at radius 3 is 2.59 bits per heavy atom. The molecule has 0 radical (unpaired) electrons. The van der Waals surface area contributed by atoms with Crippen LogP contribution in [0.15, 0.2) is 48.8 Å². The quantitative estimate of drug-likeness (QED) is 0.760. The van der Waals surface area contributed by atoms with Crippen LogP contribution in [0.1, 0.15) is 45.6 Å². The van der Waals surface area contributed by atoms with Crippen molar-refractivity contribution >= 4 is 11.9 Å². The summed E-state index contributed by atoms with van der Waals surface area (Å²) >= 11 is 0. The number of rotatable bonds is 4. The van der Waals surface area contributed by atoms with Gasteiger partial charge in [-0.2, -0.15) is 0 Å². The number of hydrogen-bond acceptors (Lipinski definition) is 4. The molecule has 2 fully saturated rings. The molecule has 152 valence electrons. The van der Waals surface area contributed by atoms with Gasteiger partial charge in [0.05, 0.1) is 6.04 Å². The Labute approximate surface area is 172 Å². The van der Waals surface area contributed by atoms with Crippen LogP contribution in [-0.4, -0.2) is 39.9 Å². The number of likely N-dealkylation sites (tertiary alicyclic amines) is 1. The molecule has 2 heterocycles. The van der Waals surface area contributed by atoms with E-state index in [1.165, 1.54) is 0 Å². The number of benzene rings is 1. The average molecular weight is 392 g/mol. The fourth-order valence-corrected chi connectivity index (χ4v) is 4.11. The molecule has 1 amide bonds. The molecule has 1 atom stereocenters. The van der Waals surface area contributed by atoms with Crippen molar-refractivity contribution in [3.63, 3.8) is 0 Å². The van der Waals surface area contributed by atoms with Crippen molar-refractivity contribution in [2.45, 2.75) is 58.1 Å². The molecular formula is C24H28N2O3. The molecule has 0 N–H and O–H groups in total. The predicted molar refractivity (Wildman–Crippen MR) is 111 cm³/mol. The summed E-state index contributed by atoms with van der Waals surface area (Å²) in [6.45, 7) is 6.20. The molecular weight excluding hydrogens is 364 g/mol. The van der Waals surface area contributed by atoms with Gasteiger partial charge in [0.2, 0.25) is 0 Å². The van der Waals surface area contributed by atoms with Crippen molar-refractivity contribution in [2.75, 3.05) is 6.54 Å². The summed E-state index contributed by atoms with van der Waals surface area (Å²) in [4.78, 5) is 31.8. The SMILES string of the molecule is CC(C)(C)OC(=O)N1CC2(CC2)C[C@H]1C(=O)Cc1cccc(-c2cccnc2)c1. The Balaban J connectivity index is 1.50. The van der Waals surface area contributed by atoms with Gasteiger partial charge in [-0.25, -0.2) is 4.79 Å². The zero-order chi connectivity index (χ0) is 20.6. The Morgan fingerprint density at radius 2 is 1.93 bits per heavy atom. The van der Waals surface area contributed by atoms with Crippen molar-refractivity contribution in [1.29, 1.82) is 0 Å². The number of Topliss-reactive ketones (excluding diaryl/α,β-unsaturated/α-hetero) is 1. The van der Waals surface area contributed by atoms with E-state index in [1.54, 1.807) is 11.1 Å². The summed E-state index contributed by atoms with van der Waals surface area (Å²) in [5, 5.41) is 0. The lowest BCUT2D eigenvalue weighted by molar-refractivity contribution is -0.122. The van der Waals surface area contributed by atoms with Crippen molar-refractivity contribution in [2.24, 2.45) is 5.41 Å². The Kier molecular flexibility index (Phi) is 4.93. The minimum absolute atomic E-state index is 0.0861. The number of nitrogens with zero attached hydrogens (tertiary/aromatic N) is 2. The van der Waals surface area contributed by atoms with Crippen molar-refractivity contribution in [3.8, 4) is 11.1 Å². The van der Waals surface area contributed by atoms with Crippen LogP contribution in [0.4, 0.5) is 4.79 Å². The molecule has 1 aliphatic heterocycles. The number of amides is 1. The molecule has 5 heteroatoms. The third-order valence-electron chi connectivity index (χ3n) is 5.77. The third-order valence-corrected chi connectivity index (χ3v) is 5.77. The molecule has 1 saturated carbocycles. The minimum Gasteiger partial charge on any atom is -0.444 e. The number of pyridine rings is 1. The van der Waals surface area contributed by atoms with Gasteiger partial charge in [-0.15, -0.1) is 0 Å². The van der Waals surface area contributed by atoms with Gasteiger partial charge in [0.25, 0.3) is 0 Å². The maximum atomic E-state index is 13.2. The summed E-state index contributed by atoms with van der Waals surface area (Å²) in [5.41, 5.74) is 2.58. The third kappa shape index (κ3) is 4.50. The molecule has 2 aromatic rings. The van der Waals surface area contributed by atoms with Gasteiger partial charge < -0.3 is 4.74 Å². The van der Waals surface area contributed by atoms with Gasteiger partial charge in [-0.3, -0.25) is 14.7 Å². The first kappa shape index (κ1) is 19.6. The molecule has 1 spiro atoms. The topological polar surface area (TPSA) is 59.5 Å². The van der Waals surface area contributed by atoms with E-state index >= 15 is 0 Å². The summed E-state index contributed by atoms with van der Waals surface area (Å²) < 4.78 is 5.58. The molecule has 1 aromatic carbocycles. The fourth-order valence-electron chi connectivity index (χ4n) is 4.11. The molecule has 1 saturated heterocycles. The normalized spacial score (nSPS) is 20.0. The van der Waals surface area contributed by atoms with E-state index in [4.69, 9.17) is 4.74 Å². The second-order valence-electron chi connectivity index (χ2n) is 9.41. The van der Waals surface area contributed by atoms with Gasteiger partial charge in [-0.1, -0.05) is 30.3 Å². The number of carbonyl (C=O) groups is 2. The lowest BCUT2D eigenvalue weighted by Gasteiger charge is -2.28. The van der Waals surface area contributed by atoms with Crippen LogP contribution in [0.3, 0.4) is 0 Å². The highest BCUT2D eigenvalue weighted by Gasteiger charge is 2.55. The van der Waals surface area contributed by atoms with Crippen molar-refractivity contribution in [1.82, 2.24) is 9.88 Å². The molecule has 4 rings (SSSR count). The summed E-state index contributed by atoms with van der Waals surface area (Å²) in [5.74, 6) is 0.0861. The largest absolute Gasteiger partial charge is 0.444 e. The van der Waals surface area contributed by atoms with Gasteiger partial charge in [0.1, 0.15) is 5.60 Å². The van der Waals surface area contributed by atoms with Crippen LogP contribution in [0.5, 0.6) is 0 Å². The van der Waals surface area contributed by atoms with E-state index in [0.29, 0.717) is 13.0 Å². The van der Waals surface area contributed by atoms with Crippen LogP contribution in [0, 0.1) is 5.41 Å². The van der Waals surface area contributed by atoms with E-state index in [9.17, 15) is 9.59 Å². The lowest BCUT2D eigenvalue weighted by Crippen LogP contribution is -2.44. The number of hydrogen-bond donors (Lipinski definition) is 0. The highest BCUT2D eigenvalue weighted by molar-refractivity contribution is 5.90. The van der Waals surface area contributed by atoms with E-state index in [-0.39, 0.29) is 17.3 Å². The fraction of sp³-hybridized carbons (Fsp3) is 0.458. The van der Waals surface area contributed by atoms with Crippen LogP contribution < -0.4 is 0 Å². The summed E-state index contributed by atoms with van der Waals surface area (Å²) in [7, 11) is 0. The highest BCUT2D eigenvalue weighted by Crippen LogP contribution is 2.55. The number of carbonyl (C=O) groups excluding carboxylic acids is 2. The first-order valence-corrected chi connectivity index (χ1v) is 10.3. The van der Waals surface area contributed by atoms with Gasteiger partial charge >= 0.3 is 6.09 Å². The molecule has 0 bridgehead atoms. The number of ether oxygens (including phenoxy) is 1. The Bertz CT molecular complexity index is 913. The second kappa shape index (κ2) is 7.29. The standard InChI is InChI=1S/C24H28N2O3/c1-23(2,3)29-22(28)26-16-24(9-10-24)14-20(26)21(27)13-17-6-4-7-18(12-17)19-8-5-11-25-15-19/h4-8,11-12,15,20H,9-10,13-14,16H2,1-3H3/t20-/m0/s1. The Morgan fingerprint density at radius 1 is 1.17 bits per heavy atom. The summed E-state index contributed by atoms with van der Waals surface area (Å²) in [6.07, 6.45) is 6.44. The van der Waals surface area contributed by atoms with E-state index < -0.39 is 11.6 Å². The van der Waals surface area contributed by atoms with Crippen LogP contribution in [0.25, 0.3) is 11.1 Å². The van der Waals surface area contributed by atoms with Gasteiger partial charge in [0.15, 0.2) is 5.78 Å². The van der Waals surface area contributed by atoms with E-state index in [2.05, 4.69) is 4.98 Å². The minimum atomic E-state index is -0.567. The van der Waals surface area contributed by atoms with Crippen molar-refractivity contribution in [3.05, 3.63) is 54.4 Å². The maximum absolute atomic E-state index is 13.2. The van der Waals surface area contributed by atoms with E-state index in [1.807, 2.05) is 63.4 Å². The zero-order valence-corrected chi connectivity index (χ0v) is 17.4. The van der Waals surface area contributed by atoms with Gasteiger partial charge in [0, 0.05) is 25.4 Å². The first-order chi connectivity index (χ1) is 13.7. The maximum Gasteiger partial charge on any atom is 0.410 e. The Hall–Kier alpha value is -2.69. The number of ketones is 1. The monoisotopic (exact) mass is 392 g/mol. The average Bonchev–Trinajstić information content (AvgIpc) is 3.31. The van der Waals surface area contributed by atoms with Crippen LogP contribution >= 0.6 is 0 Å². The zero-order valence-electron chi connectivity index (χ0n) is 17.4. The van der Waals surface area contributed by atoms with Crippen LogP contribution in [-0.2, 0) is 16.0 Å². The highest BCUT2D eigenvalue weighted by atomic mass is 16.6. The molecule has 29 heavy (non-hydrogen) atoms. The van der Waals surface area contributed by atoms with E-state index in [0.717, 1.165) is 36.0 Å². The molecule has 1 aliphatic carbocycles. The molecule has 1 aromatic heterocycles. The van der Waals surface area contributed by atoms with Gasteiger partial charge in [-0.05, 0) is 68.2 Å². The smallest absolute Gasteiger partial charge is 0.410 e. The molecule has 5 nitrogen and oxygen atoms in total. The van der Waals surface area contributed by atoms with Crippen molar-refractivity contribution < 1.29 is 14.3 Å².